The van der Waals surface area contributed by atoms with Crippen LogP contribution < -0.4 is 0 Å². The van der Waals surface area contributed by atoms with Crippen molar-refractivity contribution in [2.45, 2.75) is 0 Å². The largest absolute Gasteiger partial charge is 0.477 e. The maximum atomic E-state index is 10.1. The molecule has 39 heavy (non-hydrogen) atoms. The first-order valence-corrected chi connectivity index (χ1v) is 13.0. The van der Waals surface area contributed by atoms with Crippen molar-refractivity contribution >= 4 is 48.4 Å². The van der Waals surface area contributed by atoms with Crippen LogP contribution in [0.5, 0.6) is 0 Å². The minimum atomic E-state index is -0.990. The van der Waals surface area contributed by atoms with Crippen LogP contribution in [0.1, 0.15) is 10.5 Å². The molecule has 8 rings (SSSR count). The molecule has 3 heterocycles. The zero-order valence-electron chi connectivity index (χ0n) is 20.4. The minimum absolute atomic E-state index is 0. The fraction of sp³-hybridized carbons (Fsp3) is 0. The predicted octanol–water partition coefficient (Wildman–Crippen LogP) is 8.49. The summed E-state index contributed by atoms with van der Waals surface area (Å²) in [4.78, 5) is 18.8. The standard InChI is InChI=1S/C27H14NS.C6H5NO2.Ir/c1-2-7-18-17(6-1)20-9-5-10-23-27(20)22(18)15-24(28-23)16-12-13-26-21(14-16)19-8-3-4-11-25(19)29-26;8-6(9)5-3-1-2-4-7-5;/h1-11,13-15H;1-4H,(H,8,9);/q-1;;. The summed E-state index contributed by atoms with van der Waals surface area (Å²) in [6.07, 6.45) is 1.45. The van der Waals surface area contributed by atoms with Gasteiger partial charge in [-0.15, -0.1) is 23.8 Å². The van der Waals surface area contributed by atoms with Crippen LogP contribution in [-0.2, 0) is 20.1 Å². The summed E-state index contributed by atoms with van der Waals surface area (Å²) in [7, 11) is 0. The van der Waals surface area contributed by atoms with Crippen molar-refractivity contribution in [2.75, 3.05) is 0 Å². The number of thiophene rings is 1. The molecule has 0 unspecified atom stereocenters. The molecule has 0 bridgehead atoms. The molecular weight excluding hydrogens is 681 g/mol. The Morgan fingerprint density at radius 2 is 1.49 bits per heavy atom. The number of aromatic carboxylic acids is 1. The van der Waals surface area contributed by atoms with E-state index in [1.54, 1.807) is 12.1 Å². The molecule has 3 aromatic heterocycles. The Labute approximate surface area is 242 Å². The summed E-state index contributed by atoms with van der Waals surface area (Å²) >= 11 is 1.82. The molecule has 0 amide bonds. The molecule has 4 aromatic carbocycles. The third kappa shape index (κ3) is 4.33. The number of hydrogen-bond donors (Lipinski definition) is 1. The molecule has 0 atom stereocenters. The Hall–Kier alpha value is -4.22. The van der Waals surface area contributed by atoms with Crippen molar-refractivity contribution in [1.82, 2.24) is 9.97 Å². The van der Waals surface area contributed by atoms with Crippen molar-refractivity contribution < 1.29 is 30.0 Å². The van der Waals surface area contributed by atoms with E-state index in [1.807, 2.05) is 11.3 Å². The molecule has 1 aliphatic carbocycles. The smallest absolute Gasteiger partial charge is 0.354 e. The maximum absolute atomic E-state index is 10.1. The van der Waals surface area contributed by atoms with E-state index >= 15 is 0 Å². The quantitative estimate of drug-likeness (QED) is 0.184. The topological polar surface area (TPSA) is 63.1 Å². The van der Waals surface area contributed by atoms with E-state index in [4.69, 9.17) is 10.1 Å². The summed E-state index contributed by atoms with van der Waals surface area (Å²) in [5.74, 6) is -0.990. The van der Waals surface area contributed by atoms with Crippen LogP contribution in [0.2, 0.25) is 0 Å². The summed E-state index contributed by atoms with van der Waals surface area (Å²) in [5, 5.41) is 12.2. The van der Waals surface area contributed by atoms with Crippen molar-refractivity contribution in [3.05, 3.63) is 121 Å². The van der Waals surface area contributed by atoms with Gasteiger partial charge in [0.1, 0.15) is 5.69 Å². The van der Waals surface area contributed by atoms with Crippen molar-refractivity contribution in [3.8, 4) is 33.5 Å². The van der Waals surface area contributed by atoms with E-state index in [-0.39, 0.29) is 25.8 Å². The Morgan fingerprint density at radius 1 is 0.744 bits per heavy atom. The Bertz CT molecular complexity index is 2020. The van der Waals surface area contributed by atoms with Crippen LogP contribution in [0.25, 0.3) is 64.6 Å². The maximum Gasteiger partial charge on any atom is 0.354 e. The van der Waals surface area contributed by atoms with E-state index in [0.29, 0.717) is 0 Å². The zero-order chi connectivity index (χ0) is 25.6. The number of nitrogens with zero attached hydrogens (tertiary/aromatic N) is 2. The molecule has 0 aliphatic heterocycles. The fourth-order valence-corrected chi connectivity index (χ4v) is 6.19. The van der Waals surface area contributed by atoms with Gasteiger partial charge < -0.3 is 5.11 Å². The molecule has 7 aromatic rings. The molecular formula is C33H19IrN2O2S-. The van der Waals surface area contributed by atoms with Crippen LogP contribution >= 0.6 is 11.3 Å². The average Bonchev–Trinajstić information content (AvgIpc) is 3.50. The number of benzene rings is 4. The third-order valence-electron chi connectivity index (χ3n) is 6.81. The normalized spacial score (nSPS) is 11.1. The van der Waals surface area contributed by atoms with Gasteiger partial charge >= 0.3 is 5.97 Å². The van der Waals surface area contributed by atoms with Crippen LogP contribution in [0.15, 0.2) is 109 Å². The van der Waals surface area contributed by atoms with Crippen molar-refractivity contribution in [1.29, 1.82) is 0 Å². The number of carboxylic acids is 1. The van der Waals surface area contributed by atoms with Crippen molar-refractivity contribution in [3.63, 3.8) is 0 Å². The first-order valence-electron chi connectivity index (χ1n) is 12.2. The number of rotatable bonds is 2. The number of hydrogen-bond acceptors (Lipinski definition) is 4. The molecule has 0 spiro atoms. The van der Waals surface area contributed by atoms with Gasteiger partial charge in [-0.2, -0.15) is 11.3 Å². The summed E-state index contributed by atoms with van der Waals surface area (Å²) < 4.78 is 2.59. The number of fused-ring (bicyclic) bond motifs is 6. The zero-order valence-corrected chi connectivity index (χ0v) is 23.6. The molecule has 1 N–H and O–H groups in total. The summed E-state index contributed by atoms with van der Waals surface area (Å²) in [5.41, 5.74) is 8.33. The second-order valence-corrected chi connectivity index (χ2v) is 10.1. The molecule has 0 saturated carbocycles. The average molecular weight is 700 g/mol. The van der Waals surface area contributed by atoms with Gasteiger partial charge in [0.15, 0.2) is 0 Å². The molecule has 1 aliphatic rings. The van der Waals surface area contributed by atoms with Crippen LogP contribution in [0.3, 0.4) is 0 Å². The number of aromatic nitrogens is 2. The number of carboxylic acid groups (broad SMARTS) is 1. The van der Waals surface area contributed by atoms with Gasteiger partial charge in [0, 0.05) is 36.4 Å². The third-order valence-corrected chi connectivity index (χ3v) is 7.94. The molecule has 189 valence electrons. The van der Waals surface area contributed by atoms with E-state index in [1.165, 1.54) is 60.1 Å². The second-order valence-electron chi connectivity index (χ2n) is 9.04. The number of carbonyl (C=O) groups is 1. The van der Waals surface area contributed by atoms with Gasteiger partial charge in [0.05, 0.1) is 5.52 Å². The Kier molecular flexibility index (Phi) is 6.53. The fourth-order valence-electron chi connectivity index (χ4n) is 5.12. The van der Waals surface area contributed by atoms with Gasteiger partial charge in [-0.25, -0.2) is 9.78 Å². The Morgan fingerprint density at radius 3 is 2.26 bits per heavy atom. The SMILES string of the molecule is O=C(O)c1ccccn1.[Ir].[c-]1cc2sc3ccccc3c2cc1-c1cc2c3c(cccc3n1)-c1ccccc1-2. The summed E-state index contributed by atoms with van der Waals surface area (Å²) in [6.45, 7) is 0. The number of pyridine rings is 2. The van der Waals surface area contributed by atoms with Gasteiger partial charge in [0.25, 0.3) is 0 Å². The van der Waals surface area contributed by atoms with Gasteiger partial charge in [-0.1, -0.05) is 72.1 Å². The van der Waals surface area contributed by atoms with E-state index in [0.717, 1.165) is 16.8 Å². The molecule has 4 nitrogen and oxygen atoms in total. The molecule has 0 saturated heterocycles. The van der Waals surface area contributed by atoms with Gasteiger partial charge in [-0.05, 0) is 62.3 Å². The van der Waals surface area contributed by atoms with E-state index < -0.39 is 5.97 Å². The van der Waals surface area contributed by atoms with Gasteiger partial charge in [-0.3, -0.25) is 4.98 Å². The van der Waals surface area contributed by atoms with E-state index in [2.05, 4.69) is 96.0 Å². The molecule has 0 fully saturated rings. The van der Waals surface area contributed by atoms with Crippen LogP contribution in [-0.4, -0.2) is 21.0 Å². The van der Waals surface area contributed by atoms with E-state index in [9.17, 15) is 4.79 Å². The van der Waals surface area contributed by atoms with Gasteiger partial charge in [0.2, 0.25) is 0 Å². The van der Waals surface area contributed by atoms with Crippen LogP contribution in [0, 0.1) is 6.07 Å². The molecule has 1 radical (unpaired) electrons. The van der Waals surface area contributed by atoms with Crippen molar-refractivity contribution in [2.24, 2.45) is 0 Å². The first kappa shape index (κ1) is 25.1. The monoisotopic (exact) mass is 700 g/mol. The second kappa shape index (κ2) is 10.2. The first-order chi connectivity index (χ1) is 18.7. The minimum Gasteiger partial charge on any atom is -0.477 e. The van der Waals surface area contributed by atoms with Crippen LogP contribution in [0.4, 0.5) is 0 Å². The summed E-state index contributed by atoms with van der Waals surface area (Å²) in [6, 6.07) is 38.5. The Balaban J connectivity index is 0.000000239. The predicted molar refractivity (Wildman–Crippen MR) is 155 cm³/mol. The molecule has 6 heteroatoms.